The summed E-state index contributed by atoms with van der Waals surface area (Å²) in [4.78, 5) is 13.2. The molecule has 0 aliphatic heterocycles. The monoisotopic (exact) mass is 187 g/mol. The highest BCUT2D eigenvalue weighted by Gasteiger charge is 2.10. The van der Waals surface area contributed by atoms with Gasteiger partial charge in [-0.15, -0.1) is 0 Å². The highest BCUT2D eigenvalue weighted by molar-refractivity contribution is 5.71. The van der Waals surface area contributed by atoms with Crippen LogP contribution >= 0.6 is 0 Å². The standard InChI is InChI=1S/C10H21NO2/c1-8(2)7-13-10(12)6-11(5)9(3)4/h8-9H,6-7H2,1-5H3. The van der Waals surface area contributed by atoms with Crippen LogP contribution in [0, 0.1) is 5.92 Å². The molecule has 0 atom stereocenters. The first kappa shape index (κ1) is 12.4. The van der Waals surface area contributed by atoms with Crippen molar-refractivity contribution in [3.05, 3.63) is 0 Å². The van der Waals surface area contributed by atoms with Crippen molar-refractivity contribution in [3.63, 3.8) is 0 Å². The van der Waals surface area contributed by atoms with Gasteiger partial charge in [-0.2, -0.15) is 0 Å². The summed E-state index contributed by atoms with van der Waals surface area (Å²) in [7, 11) is 1.92. The molecule has 0 N–H and O–H groups in total. The van der Waals surface area contributed by atoms with Crippen LogP contribution in [-0.4, -0.2) is 37.1 Å². The van der Waals surface area contributed by atoms with Crippen molar-refractivity contribution in [1.29, 1.82) is 0 Å². The number of carbonyl (C=O) groups is 1. The molecular formula is C10H21NO2. The Morgan fingerprint density at radius 2 is 1.85 bits per heavy atom. The molecule has 0 heterocycles. The summed E-state index contributed by atoms with van der Waals surface area (Å²) in [5, 5.41) is 0. The minimum absolute atomic E-state index is 0.134. The van der Waals surface area contributed by atoms with Crippen LogP contribution in [0.1, 0.15) is 27.7 Å². The molecule has 3 nitrogen and oxygen atoms in total. The van der Waals surface area contributed by atoms with E-state index in [2.05, 4.69) is 13.8 Å². The van der Waals surface area contributed by atoms with E-state index in [1.54, 1.807) is 0 Å². The number of hydrogen-bond acceptors (Lipinski definition) is 3. The Morgan fingerprint density at radius 3 is 2.23 bits per heavy atom. The molecule has 0 fully saturated rings. The molecule has 0 aromatic rings. The molecule has 0 spiro atoms. The molecule has 0 unspecified atom stereocenters. The smallest absolute Gasteiger partial charge is 0.320 e. The summed E-state index contributed by atoms with van der Waals surface area (Å²) in [5.41, 5.74) is 0. The Bertz CT molecular complexity index is 155. The second-order valence-corrected chi connectivity index (χ2v) is 4.09. The summed E-state index contributed by atoms with van der Waals surface area (Å²) in [5.74, 6) is 0.276. The molecule has 0 radical (unpaired) electrons. The maximum absolute atomic E-state index is 11.2. The highest BCUT2D eigenvalue weighted by atomic mass is 16.5. The SMILES string of the molecule is CC(C)COC(=O)CN(C)C(C)C. The van der Waals surface area contributed by atoms with Gasteiger partial charge in [0.15, 0.2) is 0 Å². The third-order valence-electron chi connectivity index (χ3n) is 1.84. The summed E-state index contributed by atoms with van der Waals surface area (Å²) in [6.45, 7) is 9.06. The maximum Gasteiger partial charge on any atom is 0.320 e. The molecule has 0 bridgehead atoms. The quantitative estimate of drug-likeness (QED) is 0.611. The zero-order chi connectivity index (χ0) is 10.4. The summed E-state index contributed by atoms with van der Waals surface area (Å²) >= 11 is 0. The molecule has 0 saturated carbocycles. The third kappa shape index (κ3) is 6.58. The summed E-state index contributed by atoms with van der Waals surface area (Å²) in [6, 6.07) is 0.381. The fraction of sp³-hybridized carbons (Fsp3) is 0.900. The van der Waals surface area contributed by atoms with E-state index in [9.17, 15) is 4.79 Å². The van der Waals surface area contributed by atoms with Crippen molar-refractivity contribution in [1.82, 2.24) is 4.90 Å². The van der Waals surface area contributed by atoms with Crippen LogP contribution in [-0.2, 0) is 9.53 Å². The maximum atomic E-state index is 11.2. The van der Waals surface area contributed by atoms with Crippen LogP contribution in [0.4, 0.5) is 0 Å². The lowest BCUT2D eigenvalue weighted by Crippen LogP contribution is -2.33. The average molecular weight is 187 g/mol. The van der Waals surface area contributed by atoms with Gasteiger partial charge in [0, 0.05) is 6.04 Å². The first-order valence-corrected chi connectivity index (χ1v) is 4.79. The fourth-order valence-electron chi connectivity index (χ4n) is 0.691. The van der Waals surface area contributed by atoms with Gasteiger partial charge in [-0.3, -0.25) is 9.69 Å². The van der Waals surface area contributed by atoms with Gasteiger partial charge in [-0.25, -0.2) is 0 Å². The van der Waals surface area contributed by atoms with E-state index in [0.29, 0.717) is 25.1 Å². The number of rotatable bonds is 5. The average Bonchev–Trinajstić information content (AvgIpc) is 2.00. The molecular weight excluding hydrogens is 166 g/mol. The Hall–Kier alpha value is -0.570. The van der Waals surface area contributed by atoms with Gasteiger partial charge in [-0.1, -0.05) is 13.8 Å². The lowest BCUT2D eigenvalue weighted by Gasteiger charge is -2.19. The number of hydrogen-bond donors (Lipinski definition) is 0. The number of nitrogens with zero attached hydrogens (tertiary/aromatic N) is 1. The van der Waals surface area contributed by atoms with Gasteiger partial charge < -0.3 is 4.74 Å². The Kier molecular flexibility index (Phi) is 5.71. The van der Waals surface area contributed by atoms with Crippen LogP contribution in [0.3, 0.4) is 0 Å². The summed E-state index contributed by atoms with van der Waals surface area (Å²) < 4.78 is 5.04. The number of ether oxygens (including phenoxy) is 1. The predicted octanol–water partition coefficient (Wildman–Crippen LogP) is 1.53. The molecule has 3 heteroatoms. The van der Waals surface area contributed by atoms with Gasteiger partial charge in [0.2, 0.25) is 0 Å². The van der Waals surface area contributed by atoms with E-state index in [4.69, 9.17) is 4.74 Å². The largest absolute Gasteiger partial charge is 0.464 e. The molecule has 0 saturated heterocycles. The van der Waals surface area contributed by atoms with Crippen molar-refractivity contribution in [3.8, 4) is 0 Å². The Balaban J connectivity index is 3.62. The molecule has 0 aliphatic carbocycles. The molecule has 0 aliphatic rings. The molecule has 78 valence electrons. The number of carbonyl (C=O) groups excluding carboxylic acids is 1. The third-order valence-corrected chi connectivity index (χ3v) is 1.84. The first-order chi connectivity index (χ1) is 5.93. The van der Waals surface area contributed by atoms with Crippen molar-refractivity contribution in [2.75, 3.05) is 20.2 Å². The zero-order valence-electron chi connectivity index (χ0n) is 9.33. The van der Waals surface area contributed by atoms with Gasteiger partial charge in [-0.05, 0) is 26.8 Å². The van der Waals surface area contributed by atoms with E-state index in [0.717, 1.165) is 0 Å². The van der Waals surface area contributed by atoms with Crippen LogP contribution in [0.2, 0.25) is 0 Å². The molecule has 0 aromatic heterocycles. The lowest BCUT2D eigenvalue weighted by molar-refractivity contribution is -0.146. The van der Waals surface area contributed by atoms with Gasteiger partial charge in [0.1, 0.15) is 0 Å². The van der Waals surface area contributed by atoms with E-state index in [1.165, 1.54) is 0 Å². The van der Waals surface area contributed by atoms with Crippen molar-refractivity contribution in [2.45, 2.75) is 33.7 Å². The lowest BCUT2D eigenvalue weighted by atomic mass is 10.2. The van der Waals surface area contributed by atoms with Crippen LogP contribution in [0.15, 0.2) is 0 Å². The fourth-order valence-corrected chi connectivity index (χ4v) is 0.691. The van der Waals surface area contributed by atoms with Gasteiger partial charge >= 0.3 is 5.97 Å². The Morgan fingerprint density at radius 1 is 1.31 bits per heavy atom. The first-order valence-electron chi connectivity index (χ1n) is 4.79. The van der Waals surface area contributed by atoms with Crippen LogP contribution < -0.4 is 0 Å². The number of likely N-dealkylation sites (N-methyl/N-ethyl adjacent to an activating group) is 1. The van der Waals surface area contributed by atoms with Crippen molar-refractivity contribution < 1.29 is 9.53 Å². The van der Waals surface area contributed by atoms with Crippen LogP contribution in [0.25, 0.3) is 0 Å². The highest BCUT2D eigenvalue weighted by Crippen LogP contribution is 1.96. The minimum atomic E-state index is -0.134. The normalized spacial score (nSPS) is 11.4. The van der Waals surface area contributed by atoms with Gasteiger partial charge in [0.05, 0.1) is 13.2 Å². The molecule has 13 heavy (non-hydrogen) atoms. The van der Waals surface area contributed by atoms with Gasteiger partial charge in [0.25, 0.3) is 0 Å². The summed E-state index contributed by atoms with van der Waals surface area (Å²) in [6.07, 6.45) is 0. The second kappa shape index (κ2) is 5.97. The molecule has 0 aromatic carbocycles. The minimum Gasteiger partial charge on any atom is -0.464 e. The van der Waals surface area contributed by atoms with E-state index in [1.807, 2.05) is 25.8 Å². The molecule has 0 rings (SSSR count). The topological polar surface area (TPSA) is 29.5 Å². The van der Waals surface area contributed by atoms with Crippen molar-refractivity contribution in [2.24, 2.45) is 5.92 Å². The predicted molar refractivity (Wildman–Crippen MR) is 53.6 cm³/mol. The van der Waals surface area contributed by atoms with E-state index >= 15 is 0 Å². The van der Waals surface area contributed by atoms with Crippen molar-refractivity contribution >= 4 is 5.97 Å². The number of esters is 1. The van der Waals surface area contributed by atoms with E-state index < -0.39 is 0 Å². The zero-order valence-corrected chi connectivity index (χ0v) is 9.33. The van der Waals surface area contributed by atoms with E-state index in [-0.39, 0.29) is 5.97 Å². The second-order valence-electron chi connectivity index (χ2n) is 4.09. The molecule has 0 amide bonds. The van der Waals surface area contributed by atoms with Crippen LogP contribution in [0.5, 0.6) is 0 Å². The Labute approximate surface area is 81.1 Å².